The second-order valence-corrected chi connectivity index (χ2v) is 6.13. The van der Waals surface area contributed by atoms with Gasteiger partial charge in [-0.05, 0) is 6.07 Å². The van der Waals surface area contributed by atoms with Gasteiger partial charge in [0.2, 0.25) is 0 Å². The molecule has 10 heteroatoms. The molecule has 130 valence electrons. The fourth-order valence-electron chi connectivity index (χ4n) is 2.93. The zero-order chi connectivity index (χ0) is 17.4. The van der Waals surface area contributed by atoms with E-state index >= 15 is 0 Å². The molecule has 0 atom stereocenters. The normalized spacial score (nSPS) is 13.8. The molecule has 3 aromatic rings. The van der Waals surface area contributed by atoms with Gasteiger partial charge in [-0.3, -0.25) is 4.68 Å². The van der Waals surface area contributed by atoms with Gasteiger partial charge < -0.3 is 20.1 Å². The number of nitrogens with zero attached hydrogens (tertiary/aromatic N) is 7. The summed E-state index contributed by atoms with van der Waals surface area (Å²) < 4.78 is 1.96. The van der Waals surface area contributed by atoms with Gasteiger partial charge in [0.05, 0.1) is 37.3 Å². The van der Waals surface area contributed by atoms with Crippen LogP contribution in [-0.4, -0.2) is 66.2 Å². The Hall–Kier alpha value is -3.17. The molecule has 4 rings (SSSR count). The third-order valence-electron chi connectivity index (χ3n) is 4.16. The molecule has 4 heterocycles. The van der Waals surface area contributed by atoms with E-state index in [0.717, 1.165) is 16.9 Å². The van der Waals surface area contributed by atoms with Crippen LogP contribution >= 0.6 is 0 Å². The molecular weight excluding hydrogens is 322 g/mol. The number of carbonyl (C=O) groups excluding carboxylic acids is 1. The van der Waals surface area contributed by atoms with Crippen molar-refractivity contribution in [2.75, 3.05) is 26.0 Å². The van der Waals surface area contributed by atoms with Gasteiger partial charge in [-0.2, -0.15) is 5.10 Å². The standard InChI is InChI=1S/C15H19N9O/c1-22(2)15(25)23-3-4-24-11(7-23)5-10(21-24)6-16-13-12-14(18-8-17-12)20-9-19-13/h5,8-9H,3-4,6-7H2,1-2H3,(H2,16,17,18,19,20). The maximum absolute atomic E-state index is 12.1. The Balaban J connectivity index is 1.47. The van der Waals surface area contributed by atoms with E-state index < -0.39 is 0 Å². The average molecular weight is 341 g/mol. The highest BCUT2D eigenvalue weighted by atomic mass is 16.2. The van der Waals surface area contributed by atoms with Gasteiger partial charge in [0.1, 0.15) is 11.8 Å². The third kappa shape index (κ3) is 2.86. The molecule has 3 aromatic heterocycles. The molecule has 10 nitrogen and oxygen atoms in total. The first-order chi connectivity index (χ1) is 12.1. The highest BCUT2D eigenvalue weighted by molar-refractivity contribution is 5.81. The predicted molar refractivity (Wildman–Crippen MR) is 90.7 cm³/mol. The van der Waals surface area contributed by atoms with Gasteiger partial charge in [0, 0.05) is 20.6 Å². The van der Waals surface area contributed by atoms with Crippen LogP contribution in [0.25, 0.3) is 11.2 Å². The molecule has 25 heavy (non-hydrogen) atoms. The smallest absolute Gasteiger partial charge is 0.319 e. The van der Waals surface area contributed by atoms with Gasteiger partial charge in [0.15, 0.2) is 11.5 Å². The summed E-state index contributed by atoms with van der Waals surface area (Å²) in [5, 5.41) is 7.87. The van der Waals surface area contributed by atoms with Crippen molar-refractivity contribution in [2.45, 2.75) is 19.6 Å². The van der Waals surface area contributed by atoms with E-state index in [9.17, 15) is 4.79 Å². The topological polar surface area (TPSA) is 108 Å². The van der Waals surface area contributed by atoms with Crippen LogP contribution in [-0.2, 0) is 19.6 Å². The average Bonchev–Trinajstić information content (AvgIpc) is 3.24. The molecule has 0 spiro atoms. The summed E-state index contributed by atoms with van der Waals surface area (Å²) in [5.74, 6) is 0.692. The van der Waals surface area contributed by atoms with Crippen molar-refractivity contribution in [2.24, 2.45) is 0 Å². The molecule has 0 saturated heterocycles. The van der Waals surface area contributed by atoms with Crippen molar-refractivity contribution in [1.29, 1.82) is 0 Å². The Kier molecular flexibility index (Phi) is 3.71. The van der Waals surface area contributed by atoms with Crippen LogP contribution in [0.1, 0.15) is 11.4 Å². The van der Waals surface area contributed by atoms with Crippen molar-refractivity contribution in [3.8, 4) is 0 Å². The minimum atomic E-state index is 0.0229. The summed E-state index contributed by atoms with van der Waals surface area (Å²) in [4.78, 5) is 31.0. The van der Waals surface area contributed by atoms with Crippen LogP contribution in [0.3, 0.4) is 0 Å². The number of H-pyrrole nitrogens is 1. The highest BCUT2D eigenvalue weighted by Gasteiger charge is 2.23. The Labute approximate surface area is 143 Å². The molecule has 0 aromatic carbocycles. The van der Waals surface area contributed by atoms with E-state index in [0.29, 0.717) is 37.6 Å². The summed E-state index contributed by atoms with van der Waals surface area (Å²) in [7, 11) is 3.53. The zero-order valence-corrected chi connectivity index (χ0v) is 14.1. The lowest BCUT2D eigenvalue weighted by Gasteiger charge is -2.29. The summed E-state index contributed by atoms with van der Waals surface area (Å²) >= 11 is 0. The SMILES string of the molecule is CN(C)C(=O)N1CCn2nc(CNc3ncnc4nc[nH]c34)cc2C1. The maximum Gasteiger partial charge on any atom is 0.319 e. The lowest BCUT2D eigenvalue weighted by Crippen LogP contribution is -2.43. The molecule has 2 N–H and O–H groups in total. The molecule has 0 saturated carbocycles. The number of anilines is 1. The lowest BCUT2D eigenvalue weighted by molar-refractivity contribution is 0.155. The van der Waals surface area contributed by atoms with Gasteiger partial charge in [-0.1, -0.05) is 0 Å². The molecular formula is C15H19N9O. The van der Waals surface area contributed by atoms with Crippen molar-refractivity contribution >= 4 is 23.0 Å². The van der Waals surface area contributed by atoms with Crippen LogP contribution in [0.4, 0.5) is 10.6 Å². The number of aromatic nitrogens is 6. The number of aromatic amines is 1. The lowest BCUT2D eigenvalue weighted by atomic mass is 10.3. The van der Waals surface area contributed by atoms with Gasteiger partial charge in [-0.25, -0.2) is 19.7 Å². The molecule has 1 aliphatic heterocycles. The van der Waals surface area contributed by atoms with E-state index in [1.807, 2.05) is 15.6 Å². The first-order valence-electron chi connectivity index (χ1n) is 8.01. The van der Waals surface area contributed by atoms with Crippen molar-refractivity contribution in [1.82, 2.24) is 39.5 Å². The number of nitrogens with one attached hydrogen (secondary N) is 2. The zero-order valence-electron chi connectivity index (χ0n) is 14.1. The van der Waals surface area contributed by atoms with Gasteiger partial charge in [-0.15, -0.1) is 0 Å². The van der Waals surface area contributed by atoms with Crippen LogP contribution < -0.4 is 5.32 Å². The second kappa shape index (κ2) is 6.04. The number of imidazole rings is 1. The number of urea groups is 1. The molecule has 0 aliphatic carbocycles. The van der Waals surface area contributed by atoms with Crippen molar-refractivity contribution in [3.63, 3.8) is 0 Å². The van der Waals surface area contributed by atoms with Crippen LogP contribution in [0.5, 0.6) is 0 Å². The fraction of sp³-hybridized carbons (Fsp3) is 0.400. The summed E-state index contributed by atoms with van der Waals surface area (Å²) in [5.41, 5.74) is 3.33. The van der Waals surface area contributed by atoms with Crippen LogP contribution in [0.2, 0.25) is 0 Å². The van der Waals surface area contributed by atoms with Crippen molar-refractivity contribution < 1.29 is 4.79 Å². The van der Waals surface area contributed by atoms with Crippen LogP contribution in [0.15, 0.2) is 18.7 Å². The Bertz CT molecular complexity index is 913. The molecule has 0 bridgehead atoms. The second-order valence-electron chi connectivity index (χ2n) is 6.13. The quantitative estimate of drug-likeness (QED) is 0.724. The Morgan fingerprint density at radius 1 is 1.32 bits per heavy atom. The molecule has 2 amide bonds. The van der Waals surface area contributed by atoms with E-state index in [1.54, 1.807) is 25.3 Å². The largest absolute Gasteiger partial charge is 0.362 e. The highest BCUT2D eigenvalue weighted by Crippen LogP contribution is 2.18. The van der Waals surface area contributed by atoms with Gasteiger partial charge in [0.25, 0.3) is 0 Å². The number of hydrogen-bond donors (Lipinski definition) is 2. The molecule has 1 aliphatic rings. The molecule has 0 fully saturated rings. The summed E-state index contributed by atoms with van der Waals surface area (Å²) in [6, 6.07) is 2.04. The predicted octanol–water partition coefficient (Wildman–Crippen LogP) is 0.659. The number of rotatable bonds is 3. The minimum Gasteiger partial charge on any atom is -0.362 e. The van der Waals surface area contributed by atoms with E-state index in [2.05, 4.69) is 30.4 Å². The maximum atomic E-state index is 12.1. The Morgan fingerprint density at radius 3 is 3.04 bits per heavy atom. The number of hydrogen-bond acceptors (Lipinski definition) is 6. The Morgan fingerprint density at radius 2 is 2.20 bits per heavy atom. The third-order valence-corrected chi connectivity index (χ3v) is 4.16. The summed E-state index contributed by atoms with van der Waals surface area (Å²) in [6.45, 7) is 2.47. The van der Waals surface area contributed by atoms with Gasteiger partial charge >= 0.3 is 6.03 Å². The minimum absolute atomic E-state index is 0.0229. The first-order valence-corrected chi connectivity index (χ1v) is 8.01. The monoisotopic (exact) mass is 341 g/mol. The van der Waals surface area contributed by atoms with Crippen LogP contribution in [0, 0.1) is 0 Å². The first kappa shape index (κ1) is 15.4. The summed E-state index contributed by atoms with van der Waals surface area (Å²) in [6.07, 6.45) is 3.07. The number of fused-ring (bicyclic) bond motifs is 2. The fourth-order valence-corrected chi connectivity index (χ4v) is 2.93. The van der Waals surface area contributed by atoms with E-state index in [4.69, 9.17) is 0 Å². The number of amides is 2. The van der Waals surface area contributed by atoms with E-state index in [-0.39, 0.29) is 6.03 Å². The van der Waals surface area contributed by atoms with E-state index in [1.165, 1.54) is 6.33 Å². The molecule has 0 unspecified atom stereocenters. The molecule has 0 radical (unpaired) electrons. The van der Waals surface area contributed by atoms with Crippen molar-refractivity contribution in [3.05, 3.63) is 30.1 Å². The number of carbonyl (C=O) groups is 1.